The van der Waals surface area contributed by atoms with Gasteiger partial charge in [-0.25, -0.2) is 4.99 Å². The van der Waals surface area contributed by atoms with Crippen LogP contribution in [0.3, 0.4) is 0 Å². The molecule has 0 amide bonds. The number of hydrogen-bond donors (Lipinski definition) is 0. The van der Waals surface area contributed by atoms with Crippen molar-refractivity contribution in [2.45, 2.75) is 105 Å². The molecule has 2 aliphatic rings. The molecule has 0 spiro atoms. The zero-order valence-corrected chi connectivity index (χ0v) is 31.2. The molecule has 6 aromatic rings. The Labute approximate surface area is 297 Å². The lowest BCUT2D eigenvalue weighted by Gasteiger charge is -2.33. The van der Waals surface area contributed by atoms with Gasteiger partial charge >= 0.3 is 0 Å². The molecule has 0 unspecified atom stereocenters. The number of hydrogen-bond acceptors (Lipinski definition) is 3. The molecule has 4 heteroatoms. The van der Waals surface area contributed by atoms with Crippen LogP contribution < -0.4 is 0 Å². The number of ether oxygens (including phenoxy) is 1. The average Bonchev–Trinajstić information content (AvgIpc) is 3.57. The summed E-state index contributed by atoms with van der Waals surface area (Å²) in [6.07, 6.45) is 6.50. The van der Waals surface area contributed by atoms with E-state index in [2.05, 4.69) is 140 Å². The summed E-state index contributed by atoms with van der Waals surface area (Å²) in [5.74, 6) is 0.779. The number of nitrogens with zero attached hydrogens (tertiary/aromatic N) is 3. The Hall–Kier alpha value is -4.70. The van der Waals surface area contributed by atoms with Crippen LogP contribution in [0.5, 0.6) is 0 Å². The standard InChI is InChI=1S/C46H49N3O/c1-27-13-14-40-37(20-27)38-21-29(3)36(39-25-34(15-17-47-39)45(6,7)8)26-41(38)49(40)35-23-32(43-30(4)18-28(2)19-31(43)5)22-33(24-35)44-48-42-12-10-11-16-46(42,9)50-44/h13-15,17-26,42H,10-12,16H2,1-9H3/t42-,46+/m1/s1. The fourth-order valence-corrected chi connectivity index (χ4v) is 8.66. The maximum absolute atomic E-state index is 6.84. The molecule has 0 radical (unpaired) electrons. The van der Waals surface area contributed by atoms with E-state index in [4.69, 9.17) is 14.7 Å². The van der Waals surface area contributed by atoms with Gasteiger partial charge in [0.05, 0.1) is 22.8 Å². The first kappa shape index (κ1) is 32.5. The van der Waals surface area contributed by atoms with Gasteiger partial charge in [0.25, 0.3) is 0 Å². The van der Waals surface area contributed by atoms with Gasteiger partial charge in [-0.15, -0.1) is 0 Å². The molecule has 0 bridgehead atoms. The minimum absolute atomic E-state index is 0.0325. The minimum atomic E-state index is -0.231. The van der Waals surface area contributed by atoms with Crippen LogP contribution in [0.1, 0.15) is 92.3 Å². The number of aliphatic imine (C=N–C) groups is 1. The number of rotatable bonds is 4. The van der Waals surface area contributed by atoms with Crippen LogP contribution in [0.2, 0.25) is 0 Å². The molecule has 0 saturated heterocycles. The second-order valence-electron chi connectivity index (χ2n) is 16.4. The lowest BCUT2D eigenvalue weighted by atomic mass is 9.82. The highest BCUT2D eigenvalue weighted by Crippen LogP contribution is 2.42. The van der Waals surface area contributed by atoms with Crippen LogP contribution in [0.4, 0.5) is 0 Å². The van der Waals surface area contributed by atoms with Crippen molar-refractivity contribution in [3.05, 3.63) is 118 Å². The lowest BCUT2D eigenvalue weighted by molar-refractivity contribution is 0.0447. The SMILES string of the molecule is Cc1cc(C)c(-c2cc(C3=N[C@@H]4CCCC[C@]4(C)O3)cc(-n3c4ccc(C)cc4c4cc(C)c(-c5cc(C(C)(C)C)ccn5)cc43)c2)c(C)c1. The van der Waals surface area contributed by atoms with Crippen molar-refractivity contribution in [1.29, 1.82) is 0 Å². The Balaban J connectivity index is 1.41. The molecule has 1 aliphatic carbocycles. The fraction of sp³-hybridized carbons (Fsp3) is 0.348. The van der Waals surface area contributed by atoms with Gasteiger partial charge in [-0.2, -0.15) is 0 Å². The van der Waals surface area contributed by atoms with E-state index in [0.717, 1.165) is 41.2 Å². The maximum Gasteiger partial charge on any atom is 0.217 e. The number of benzene rings is 4. The highest BCUT2D eigenvalue weighted by Gasteiger charge is 2.44. The van der Waals surface area contributed by atoms with Crippen LogP contribution in [0, 0.1) is 34.6 Å². The lowest BCUT2D eigenvalue weighted by Crippen LogP contribution is -2.39. The molecule has 1 fully saturated rings. The third-order valence-electron chi connectivity index (χ3n) is 11.3. The van der Waals surface area contributed by atoms with Crippen LogP contribution in [-0.2, 0) is 10.2 Å². The van der Waals surface area contributed by atoms with E-state index in [9.17, 15) is 0 Å². The molecule has 0 N–H and O–H groups in total. The number of fused-ring (bicyclic) bond motifs is 4. The second-order valence-corrected chi connectivity index (χ2v) is 16.4. The predicted octanol–water partition coefficient (Wildman–Crippen LogP) is 11.8. The monoisotopic (exact) mass is 659 g/mol. The third-order valence-corrected chi connectivity index (χ3v) is 11.3. The molecule has 1 saturated carbocycles. The molecule has 50 heavy (non-hydrogen) atoms. The van der Waals surface area contributed by atoms with Gasteiger partial charge in [-0.1, -0.05) is 56.5 Å². The zero-order chi connectivity index (χ0) is 35.1. The molecule has 4 nitrogen and oxygen atoms in total. The molecule has 3 heterocycles. The summed E-state index contributed by atoms with van der Waals surface area (Å²) >= 11 is 0. The first-order valence-corrected chi connectivity index (χ1v) is 18.3. The van der Waals surface area contributed by atoms with Crippen molar-refractivity contribution in [3.8, 4) is 28.1 Å². The quantitative estimate of drug-likeness (QED) is 0.189. The van der Waals surface area contributed by atoms with Gasteiger partial charge in [-0.3, -0.25) is 4.98 Å². The van der Waals surface area contributed by atoms with E-state index in [1.165, 1.54) is 79.2 Å². The van der Waals surface area contributed by atoms with Crippen LogP contribution in [-0.4, -0.2) is 27.1 Å². The summed E-state index contributed by atoms with van der Waals surface area (Å²) in [7, 11) is 0. The smallest absolute Gasteiger partial charge is 0.217 e. The summed E-state index contributed by atoms with van der Waals surface area (Å²) in [6.45, 7) is 20.1. The zero-order valence-electron chi connectivity index (χ0n) is 31.2. The molecule has 1 aliphatic heterocycles. The Morgan fingerprint density at radius 3 is 2.22 bits per heavy atom. The van der Waals surface area contributed by atoms with Crippen molar-refractivity contribution in [1.82, 2.24) is 9.55 Å². The summed E-state index contributed by atoms with van der Waals surface area (Å²) in [6, 6.07) is 27.8. The molecular weight excluding hydrogens is 611 g/mol. The molecule has 2 aromatic heterocycles. The van der Waals surface area contributed by atoms with Crippen LogP contribution >= 0.6 is 0 Å². The van der Waals surface area contributed by atoms with Gasteiger partial charge in [-0.05, 0) is 154 Å². The van der Waals surface area contributed by atoms with E-state index in [1.54, 1.807) is 0 Å². The molecule has 8 rings (SSSR count). The van der Waals surface area contributed by atoms with E-state index >= 15 is 0 Å². The Morgan fingerprint density at radius 2 is 1.48 bits per heavy atom. The Kier molecular flexibility index (Phi) is 7.60. The van der Waals surface area contributed by atoms with Crippen LogP contribution in [0.25, 0.3) is 49.9 Å². The van der Waals surface area contributed by atoms with Gasteiger partial charge in [0.2, 0.25) is 5.90 Å². The Morgan fingerprint density at radius 1 is 0.740 bits per heavy atom. The van der Waals surface area contributed by atoms with E-state index in [1.807, 2.05) is 6.20 Å². The number of aromatic nitrogens is 2. The molecular formula is C46H49N3O. The first-order valence-electron chi connectivity index (χ1n) is 18.3. The summed E-state index contributed by atoms with van der Waals surface area (Å²) in [5, 5.41) is 2.51. The third kappa shape index (κ3) is 5.44. The van der Waals surface area contributed by atoms with Crippen molar-refractivity contribution >= 4 is 27.7 Å². The first-order chi connectivity index (χ1) is 23.8. The molecule has 254 valence electrons. The van der Waals surface area contributed by atoms with Crippen molar-refractivity contribution in [2.24, 2.45) is 4.99 Å². The van der Waals surface area contributed by atoms with Gasteiger partial charge < -0.3 is 9.30 Å². The second kappa shape index (κ2) is 11.7. The predicted molar refractivity (Wildman–Crippen MR) is 210 cm³/mol. The normalized spacial score (nSPS) is 19.1. The highest BCUT2D eigenvalue weighted by atomic mass is 16.5. The van der Waals surface area contributed by atoms with E-state index < -0.39 is 0 Å². The van der Waals surface area contributed by atoms with Gasteiger partial charge in [0.1, 0.15) is 5.60 Å². The summed E-state index contributed by atoms with van der Waals surface area (Å²) < 4.78 is 9.29. The largest absolute Gasteiger partial charge is 0.469 e. The van der Waals surface area contributed by atoms with Gasteiger partial charge in [0.15, 0.2) is 0 Å². The topological polar surface area (TPSA) is 39.4 Å². The van der Waals surface area contributed by atoms with Crippen molar-refractivity contribution < 1.29 is 4.74 Å². The highest BCUT2D eigenvalue weighted by molar-refractivity contribution is 6.11. The average molecular weight is 660 g/mol. The summed E-state index contributed by atoms with van der Waals surface area (Å²) in [4.78, 5) is 10.2. The van der Waals surface area contributed by atoms with Gasteiger partial charge in [0, 0.05) is 33.8 Å². The maximum atomic E-state index is 6.84. The summed E-state index contributed by atoms with van der Waals surface area (Å²) in [5.41, 5.74) is 16.5. The fourth-order valence-electron chi connectivity index (χ4n) is 8.66. The van der Waals surface area contributed by atoms with Crippen LogP contribution in [0.15, 0.2) is 84.0 Å². The molecule has 2 atom stereocenters. The Bertz CT molecular complexity index is 2340. The number of aryl methyl sites for hydroxylation is 5. The van der Waals surface area contributed by atoms with Crippen molar-refractivity contribution in [2.75, 3.05) is 0 Å². The number of pyridine rings is 1. The van der Waals surface area contributed by atoms with Crippen molar-refractivity contribution in [3.63, 3.8) is 0 Å². The van der Waals surface area contributed by atoms with E-state index in [0.29, 0.717) is 0 Å². The minimum Gasteiger partial charge on any atom is -0.469 e. The van der Waals surface area contributed by atoms with E-state index in [-0.39, 0.29) is 17.1 Å². The molecule has 4 aromatic carbocycles.